The van der Waals surface area contributed by atoms with E-state index in [1.54, 1.807) is 6.33 Å². The van der Waals surface area contributed by atoms with Crippen LogP contribution in [-0.2, 0) is 5.41 Å². The molecule has 0 bridgehead atoms. The van der Waals surface area contributed by atoms with E-state index in [0.717, 1.165) is 17.2 Å². The Bertz CT molecular complexity index is 492. The zero-order valence-electron chi connectivity index (χ0n) is 10.2. The highest BCUT2D eigenvalue weighted by molar-refractivity contribution is 5.27. The van der Waals surface area contributed by atoms with Gasteiger partial charge in [-0.15, -0.1) is 0 Å². The number of pyridine rings is 1. The molecule has 0 amide bonds. The third-order valence-corrected chi connectivity index (χ3v) is 2.48. The van der Waals surface area contributed by atoms with E-state index in [2.05, 4.69) is 36.8 Å². The summed E-state index contributed by atoms with van der Waals surface area (Å²) in [4.78, 5) is 8.86. The summed E-state index contributed by atoms with van der Waals surface area (Å²) in [6.45, 7) is 8.47. The first-order chi connectivity index (χ1) is 7.47. The van der Waals surface area contributed by atoms with Gasteiger partial charge in [-0.1, -0.05) is 26.8 Å². The fourth-order valence-corrected chi connectivity index (χ4v) is 1.53. The van der Waals surface area contributed by atoms with Crippen molar-refractivity contribution in [1.82, 2.24) is 14.5 Å². The maximum absolute atomic E-state index is 4.65. The molecule has 3 heteroatoms. The van der Waals surface area contributed by atoms with Gasteiger partial charge in [0.2, 0.25) is 0 Å². The molecule has 0 aliphatic carbocycles. The van der Waals surface area contributed by atoms with Crippen LogP contribution in [0.1, 0.15) is 32.2 Å². The molecule has 0 saturated heterocycles. The van der Waals surface area contributed by atoms with Gasteiger partial charge in [0, 0.05) is 17.3 Å². The SMILES string of the molecule is Cc1cn(-c2cccc(C(C)(C)C)n2)cn1. The Balaban J connectivity index is 2.44. The number of aromatic nitrogens is 3. The fourth-order valence-electron chi connectivity index (χ4n) is 1.53. The molecule has 0 aliphatic heterocycles. The number of rotatable bonds is 1. The minimum Gasteiger partial charge on any atom is -0.290 e. The molecular formula is C13H17N3. The number of aryl methyl sites for hydroxylation is 1. The van der Waals surface area contributed by atoms with E-state index in [1.807, 2.05) is 29.8 Å². The topological polar surface area (TPSA) is 30.7 Å². The lowest BCUT2D eigenvalue weighted by atomic mass is 9.92. The predicted molar refractivity (Wildman–Crippen MR) is 64.8 cm³/mol. The van der Waals surface area contributed by atoms with E-state index < -0.39 is 0 Å². The van der Waals surface area contributed by atoms with Crippen molar-refractivity contribution >= 4 is 0 Å². The summed E-state index contributed by atoms with van der Waals surface area (Å²) in [5.74, 6) is 0.924. The monoisotopic (exact) mass is 215 g/mol. The number of hydrogen-bond acceptors (Lipinski definition) is 2. The van der Waals surface area contributed by atoms with Gasteiger partial charge in [-0.05, 0) is 19.1 Å². The quantitative estimate of drug-likeness (QED) is 0.732. The first kappa shape index (κ1) is 10.9. The third kappa shape index (κ3) is 2.13. The second-order valence-corrected chi connectivity index (χ2v) is 5.05. The van der Waals surface area contributed by atoms with Crippen LogP contribution in [0.3, 0.4) is 0 Å². The van der Waals surface area contributed by atoms with Crippen LogP contribution in [0.4, 0.5) is 0 Å². The third-order valence-electron chi connectivity index (χ3n) is 2.48. The van der Waals surface area contributed by atoms with Crippen LogP contribution in [0.2, 0.25) is 0 Å². The van der Waals surface area contributed by atoms with Gasteiger partial charge >= 0.3 is 0 Å². The van der Waals surface area contributed by atoms with Crippen molar-refractivity contribution in [2.45, 2.75) is 33.1 Å². The van der Waals surface area contributed by atoms with Crippen molar-refractivity contribution < 1.29 is 0 Å². The average molecular weight is 215 g/mol. The average Bonchev–Trinajstić information content (AvgIpc) is 2.64. The molecule has 0 aromatic carbocycles. The van der Waals surface area contributed by atoms with Crippen LogP contribution in [0.25, 0.3) is 5.82 Å². The highest BCUT2D eigenvalue weighted by atomic mass is 15.1. The minimum atomic E-state index is 0.0750. The van der Waals surface area contributed by atoms with Gasteiger partial charge in [0.15, 0.2) is 0 Å². The number of hydrogen-bond donors (Lipinski definition) is 0. The minimum absolute atomic E-state index is 0.0750. The standard InChI is InChI=1S/C13H17N3/c1-10-8-16(9-14-10)12-7-5-6-11(15-12)13(2,3)4/h5-9H,1-4H3. The molecule has 2 aromatic heterocycles. The molecule has 0 atom stereocenters. The Hall–Kier alpha value is -1.64. The van der Waals surface area contributed by atoms with Crippen LogP contribution >= 0.6 is 0 Å². The summed E-state index contributed by atoms with van der Waals surface area (Å²) in [6, 6.07) is 6.10. The second kappa shape index (κ2) is 3.74. The van der Waals surface area contributed by atoms with Gasteiger partial charge in [0.05, 0.1) is 5.69 Å². The highest BCUT2D eigenvalue weighted by Gasteiger charge is 2.15. The number of nitrogens with zero attached hydrogens (tertiary/aromatic N) is 3. The van der Waals surface area contributed by atoms with Gasteiger partial charge in [-0.25, -0.2) is 9.97 Å². The summed E-state index contributed by atoms with van der Waals surface area (Å²) in [6.07, 6.45) is 3.78. The van der Waals surface area contributed by atoms with Crippen molar-refractivity contribution in [3.8, 4) is 5.82 Å². The molecule has 84 valence electrons. The molecule has 0 saturated carbocycles. The van der Waals surface area contributed by atoms with Crippen molar-refractivity contribution in [3.63, 3.8) is 0 Å². The molecule has 0 unspecified atom stereocenters. The van der Waals surface area contributed by atoms with Gasteiger partial charge < -0.3 is 0 Å². The lowest BCUT2D eigenvalue weighted by molar-refractivity contribution is 0.567. The summed E-state index contributed by atoms with van der Waals surface area (Å²) in [5.41, 5.74) is 2.17. The predicted octanol–water partition coefficient (Wildman–Crippen LogP) is 2.87. The lowest BCUT2D eigenvalue weighted by Gasteiger charge is -2.18. The van der Waals surface area contributed by atoms with E-state index in [1.165, 1.54) is 0 Å². The van der Waals surface area contributed by atoms with E-state index in [-0.39, 0.29) is 5.41 Å². The summed E-state index contributed by atoms with van der Waals surface area (Å²) >= 11 is 0. The summed E-state index contributed by atoms with van der Waals surface area (Å²) in [7, 11) is 0. The zero-order chi connectivity index (χ0) is 11.8. The Morgan fingerprint density at radius 2 is 1.94 bits per heavy atom. The van der Waals surface area contributed by atoms with Crippen LogP contribution in [0, 0.1) is 6.92 Å². The molecule has 3 nitrogen and oxygen atoms in total. The van der Waals surface area contributed by atoms with Gasteiger partial charge in [0.1, 0.15) is 12.1 Å². The van der Waals surface area contributed by atoms with E-state index in [0.29, 0.717) is 0 Å². The molecule has 0 aliphatic rings. The molecule has 2 rings (SSSR count). The Labute approximate surface area is 96.2 Å². The smallest absolute Gasteiger partial charge is 0.138 e. The molecule has 0 N–H and O–H groups in total. The second-order valence-electron chi connectivity index (χ2n) is 5.05. The largest absolute Gasteiger partial charge is 0.290 e. The molecular weight excluding hydrogens is 198 g/mol. The molecule has 0 radical (unpaired) electrons. The Morgan fingerprint density at radius 1 is 1.19 bits per heavy atom. The molecule has 2 heterocycles. The maximum atomic E-state index is 4.65. The normalized spacial score (nSPS) is 11.8. The fraction of sp³-hybridized carbons (Fsp3) is 0.385. The van der Waals surface area contributed by atoms with E-state index in [4.69, 9.17) is 0 Å². The Morgan fingerprint density at radius 3 is 2.50 bits per heavy atom. The molecule has 0 fully saturated rings. The zero-order valence-corrected chi connectivity index (χ0v) is 10.2. The molecule has 0 spiro atoms. The van der Waals surface area contributed by atoms with Gasteiger partial charge in [-0.3, -0.25) is 4.57 Å². The van der Waals surface area contributed by atoms with Crippen LogP contribution in [0.5, 0.6) is 0 Å². The van der Waals surface area contributed by atoms with Crippen molar-refractivity contribution in [2.75, 3.05) is 0 Å². The Kier molecular flexibility index (Phi) is 2.54. The molecule has 2 aromatic rings. The maximum Gasteiger partial charge on any atom is 0.138 e. The lowest BCUT2D eigenvalue weighted by Crippen LogP contribution is -2.14. The first-order valence-corrected chi connectivity index (χ1v) is 5.45. The van der Waals surface area contributed by atoms with E-state index >= 15 is 0 Å². The first-order valence-electron chi connectivity index (χ1n) is 5.45. The van der Waals surface area contributed by atoms with Crippen LogP contribution in [-0.4, -0.2) is 14.5 Å². The van der Waals surface area contributed by atoms with Crippen molar-refractivity contribution in [1.29, 1.82) is 0 Å². The highest BCUT2D eigenvalue weighted by Crippen LogP contribution is 2.20. The number of imidazole rings is 1. The van der Waals surface area contributed by atoms with Crippen molar-refractivity contribution in [2.24, 2.45) is 0 Å². The van der Waals surface area contributed by atoms with Crippen molar-refractivity contribution in [3.05, 3.63) is 42.1 Å². The molecule has 16 heavy (non-hydrogen) atoms. The van der Waals surface area contributed by atoms with Crippen LogP contribution in [0.15, 0.2) is 30.7 Å². The summed E-state index contributed by atoms with van der Waals surface area (Å²) in [5, 5.41) is 0. The van der Waals surface area contributed by atoms with E-state index in [9.17, 15) is 0 Å². The van der Waals surface area contributed by atoms with Gasteiger partial charge in [0.25, 0.3) is 0 Å². The summed E-state index contributed by atoms with van der Waals surface area (Å²) < 4.78 is 1.95. The van der Waals surface area contributed by atoms with Crippen LogP contribution < -0.4 is 0 Å². The van der Waals surface area contributed by atoms with Gasteiger partial charge in [-0.2, -0.15) is 0 Å².